The summed E-state index contributed by atoms with van der Waals surface area (Å²) >= 11 is 0. The van der Waals surface area contributed by atoms with Crippen LogP contribution >= 0.6 is 0 Å². The zero-order valence-corrected chi connectivity index (χ0v) is 27.5. The Kier molecular flexibility index (Phi) is 6.01. The summed E-state index contributed by atoms with van der Waals surface area (Å²) in [6.45, 7) is -0.0762. The maximum absolute atomic E-state index is 7.08. The summed E-state index contributed by atoms with van der Waals surface area (Å²) in [6.07, 6.45) is 0. The molecule has 238 valence electrons. The Morgan fingerprint density at radius 2 is 0.804 bits per heavy atom. The molecule has 0 bridgehead atoms. The first-order chi connectivity index (χ1) is 25.3. The number of benzene rings is 7. The van der Waals surface area contributed by atoms with E-state index in [-0.39, 0.29) is 6.71 Å². The standard InChI is InChI=1S/C46H29BN2O2/c1-3-17-32(18-4-1)48-38-23-11-7-15-30(38)27-40(48)34-29-35(41-28-31-16-8-12-24-39(31)49(41)33-19-5-2-6-20-33)46-44-45(34)50-42-25-13-9-21-36(42)47(44)37-22-10-14-26-43(37)51-46/h1-29H. The van der Waals surface area contributed by atoms with Crippen LogP contribution in [0.25, 0.3) is 55.7 Å². The van der Waals surface area contributed by atoms with Gasteiger partial charge in [-0.15, -0.1) is 0 Å². The summed E-state index contributed by atoms with van der Waals surface area (Å²) in [7, 11) is 0. The Labute approximate surface area is 295 Å². The molecule has 0 aliphatic carbocycles. The van der Waals surface area contributed by atoms with Crippen molar-refractivity contribution >= 4 is 44.9 Å². The average Bonchev–Trinajstić information content (AvgIpc) is 3.78. The van der Waals surface area contributed by atoms with E-state index in [0.29, 0.717) is 0 Å². The highest BCUT2D eigenvalue weighted by molar-refractivity contribution is 6.98. The largest absolute Gasteiger partial charge is 0.458 e. The molecule has 0 N–H and O–H groups in total. The lowest BCUT2D eigenvalue weighted by molar-refractivity contribution is 0.466. The van der Waals surface area contributed by atoms with Crippen LogP contribution in [0.5, 0.6) is 23.0 Å². The highest BCUT2D eigenvalue weighted by atomic mass is 16.5. The summed E-state index contributed by atoms with van der Waals surface area (Å²) in [5.74, 6) is 3.39. The first-order valence-electron chi connectivity index (χ1n) is 17.4. The molecule has 4 heterocycles. The van der Waals surface area contributed by atoms with Crippen LogP contribution in [0.2, 0.25) is 0 Å². The number of fused-ring (bicyclic) bond motifs is 6. The third-order valence-corrected chi connectivity index (χ3v) is 10.4. The average molecular weight is 653 g/mol. The lowest BCUT2D eigenvalue weighted by Gasteiger charge is -2.35. The van der Waals surface area contributed by atoms with Gasteiger partial charge in [0, 0.05) is 38.7 Å². The lowest BCUT2D eigenvalue weighted by Crippen LogP contribution is -2.57. The van der Waals surface area contributed by atoms with Crippen LogP contribution in [0, 0.1) is 0 Å². The summed E-state index contributed by atoms with van der Waals surface area (Å²) in [5.41, 5.74) is 11.9. The lowest BCUT2D eigenvalue weighted by atomic mass is 9.34. The molecular weight excluding hydrogens is 623 g/mol. The number of hydrogen-bond acceptors (Lipinski definition) is 2. The van der Waals surface area contributed by atoms with Crippen molar-refractivity contribution in [1.82, 2.24) is 9.13 Å². The zero-order valence-electron chi connectivity index (χ0n) is 27.5. The summed E-state index contributed by atoms with van der Waals surface area (Å²) in [4.78, 5) is 0. The molecule has 0 amide bonds. The van der Waals surface area contributed by atoms with Gasteiger partial charge in [0.2, 0.25) is 0 Å². The second kappa shape index (κ2) is 10.9. The van der Waals surface area contributed by atoms with Gasteiger partial charge in [0.1, 0.15) is 23.0 Å². The molecule has 0 saturated carbocycles. The molecule has 9 aromatic rings. The van der Waals surface area contributed by atoms with Gasteiger partial charge >= 0.3 is 0 Å². The molecule has 5 heteroatoms. The molecule has 0 radical (unpaired) electrons. The highest BCUT2D eigenvalue weighted by Gasteiger charge is 2.43. The van der Waals surface area contributed by atoms with Crippen LogP contribution in [-0.2, 0) is 0 Å². The Balaban J connectivity index is 1.31. The van der Waals surface area contributed by atoms with Gasteiger partial charge in [0.25, 0.3) is 6.71 Å². The van der Waals surface area contributed by atoms with Crippen molar-refractivity contribution in [3.05, 3.63) is 176 Å². The van der Waals surface area contributed by atoms with Crippen LogP contribution in [0.4, 0.5) is 0 Å². The number of hydrogen-bond donors (Lipinski definition) is 0. The predicted molar refractivity (Wildman–Crippen MR) is 209 cm³/mol. The quantitative estimate of drug-likeness (QED) is 0.177. The molecule has 51 heavy (non-hydrogen) atoms. The molecule has 11 rings (SSSR count). The smallest absolute Gasteiger partial charge is 0.260 e. The summed E-state index contributed by atoms with van der Waals surface area (Å²) < 4.78 is 18.9. The van der Waals surface area contributed by atoms with E-state index in [0.717, 1.165) is 95.1 Å². The fraction of sp³-hybridized carbons (Fsp3) is 0. The predicted octanol–water partition coefficient (Wildman–Crippen LogP) is 9.64. The molecule has 0 spiro atoms. The van der Waals surface area contributed by atoms with Gasteiger partial charge in [0.05, 0.1) is 22.4 Å². The van der Waals surface area contributed by atoms with E-state index in [1.165, 1.54) is 0 Å². The highest BCUT2D eigenvalue weighted by Crippen LogP contribution is 2.48. The summed E-state index contributed by atoms with van der Waals surface area (Å²) in [5, 5.41) is 2.33. The zero-order chi connectivity index (χ0) is 33.5. The Morgan fingerprint density at radius 1 is 0.392 bits per heavy atom. The number of aromatic nitrogens is 2. The van der Waals surface area contributed by atoms with E-state index in [4.69, 9.17) is 9.47 Å². The minimum absolute atomic E-state index is 0.0762. The van der Waals surface area contributed by atoms with Gasteiger partial charge in [0.15, 0.2) is 0 Å². The van der Waals surface area contributed by atoms with E-state index in [1.807, 2.05) is 0 Å². The van der Waals surface area contributed by atoms with E-state index in [1.54, 1.807) is 0 Å². The maximum Gasteiger partial charge on any atom is 0.260 e. The SMILES string of the molecule is c1ccc(-n2c(-c3cc(-c4cc5ccccc5n4-c4ccccc4)c4c5c3Oc3ccccc3B5c3ccccc3O4)cc3ccccc32)cc1. The Hall–Kier alpha value is -6.72. The number of nitrogens with zero attached hydrogens (tertiary/aromatic N) is 2. The second-order valence-electron chi connectivity index (χ2n) is 13.3. The normalized spacial score (nSPS) is 12.6. The van der Waals surface area contributed by atoms with E-state index >= 15 is 0 Å². The molecule has 2 aromatic heterocycles. The van der Waals surface area contributed by atoms with Crippen molar-refractivity contribution < 1.29 is 9.47 Å². The van der Waals surface area contributed by atoms with Crippen LogP contribution < -0.4 is 25.9 Å². The van der Waals surface area contributed by atoms with Crippen molar-refractivity contribution in [2.45, 2.75) is 0 Å². The first-order valence-corrected chi connectivity index (χ1v) is 17.4. The van der Waals surface area contributed by atoms with Crippen LogP contribution in [0.1, 0.15) is 0 Å². The van der Waals surface area contributed by atoms with Gasteiger partial charge in [-0.3, -0.25) is 0 Å². The van der Waals surface area contributed by atoms with E-state index < -0.39 is 0 Å². The molecule has 2 aliphatic rings. The molecular formula is C46H29BN2O2. The van der Waals surface area contributed by atoms with Crippen molar-refractivity contribution in [1.29, 1.82) is 0 Å². The van der Waals surface area contributed by atoms with Crippen molar-refractivity contribution in [3.63, 3.8) is 0 Å². The van der Waals surface area contributed by atoms with E-state index in [9.17, 15) is 0 Å². The van der Waals surface area contributed by atoms with E-state index in [2.05, 4.69) is 185 Å². The first kappa shape index (κ1) is 28.2. The fourth-order valence-electron chi connectivity index (χ4n) is 8.27. The molecule has 0 unspecified atom stereocenters. The molecule has 2 aliphatic heterocycles. The summed E-state index contributed by atoms with van der Waals surface area (Å²) in [6, 6.07) is 62.2. The molecule has 0 atom stereocenters. The molecule has 0 fully saturated rings. The van der Waals surface area contributed by atoms with Crippen molar-refractivity contribution in [2.75, 3.05) is 0 Å². The van der Waals surface area contributed by atoms with Gasteiger partial charge in [-0.25, -0.2) is 0 Å². The van der Waals surface area contributed by atoms with Gasteiger partial charge in [-0.1, -0.05) is 109 Å². The third kappa shape index (κ3) is 4.15. The van der Waals surface area contributed by atoms with Crippen molar-refractivity contribution in [3.8, 4) is 56.9 Å². The van der Waals surface area contributed by atoms with Gasteiger partial charge < -0.3 is 18.6 Å². The number of ether oxygens (including phenoxy) is 2. The topological polar surface area (TPSA) is 28.3 Å². The van der Waals surface area contributed by atoms with Gasteiger partial charge in [-0.2, -0.15) is 0 Å². The fourth-order valence-corrected chi connectivity index (χ4v) is 8.27. The third-order valence-electron chi connectivity index (χ3n) is 10.4. The molecule has 0 saturated heterocycles. The molecule has 4 nitrogen and oxygen atoms in total. The minimum atomic E-state index is -0.0762. The van der Waals surface area contributed by atoms with Gasteiger partial charge in [-0.05, 0) is 77.7 Å². The van der Waals surface area contributed by atoms with Crippen molar-refractivity contribution in [2.24, 2.45) is 0 Å². The maximum atomic E-state index is 7.08. The minimum Gasteiger partial charge on any atom is -0.458 e. The van der Waals surface area contributed by atoms with Crippen LogP contribution in [-0.4, -0.2) is 15.8 Å². The Morgan fingerprint density at radius 3 is 1.29 bits per heavy atom. The molecule has 7 aromatic carbocycles. The number of rotatable bonds is 4. The van der Waals surface area contributed by atoms with Crippen LogP contribution in [0.15, 0.2) is 176 Å². The second-order valence-corrected chi connectivity index (χ2v) is 13.3. The number of para-hydroxylation sites is 6. The Bertz CT molecular complexity index is 2630. The monoisotopic (exact) mass is 652 g/mol. The van der Waals surface area contributed by atoms with Crippen LogP contribution in [0.3, 0.4) is 0 Å².